The number of benzene rings is 1. The van der Waals surface area contributed by atoms with Gasteiger partial charge in [0.15, 0.2) is 0 Å². The number of carbonyl (C=O) groups is 1. The van der Waals surface area contributed by atoms with E-state index in [0.29, 0.717) is 24.4 Å². The van der Waals surface area contributed by atoms with Gasteiger partial charge in [0.05, 0.1) is 18.0 Å². The van der Waals surface area contributed by atoms with Gasteiger partial charge in [0.2, 0.25) is 0 Å². The molecule has 5 heteroatoms. The number of carbonyl (C=O) groups excluding carboxylic acids is 1. The minimum atomic E-state index is -0.00378. The van der Waals surface area contributed by atoms with Crippen molar-refractivity contribution in [3.63, 3.8) is 0 Å². The molecule has 106 valence electrons. The topological polar surface area (TPSA) is 29.5 Å². The number of halogens is 1. The number of ether oxygens (including phenoxy) is 1. The number of hydrogen-bond donors (Lipinski definition) is 0. The monoisotopic (exact) mass is 309 g/mol. The van der Waals surface area contributed by atoms with Gasteiger partial charge in [-0.25, -0.2) is 0 Å². The second kappa shape index (κ2) is 6.77. The average molecular weight is 310 g/mol. The van der Waals surface area contributed by atoms with Crippen LogP contribution < -0.4 is 4.74 Å². The Balaban J connectivity index is 2.15. The van der Waals surface area contributed by atoms with Crippen LogP contribution >= 0.6 is 22.9 Å². The molecule has 0 aliphatic carbocycles. The molecule has 3 nitrogen and oxygen atoms in total. The van der Waals surface area contributed by atoms with Crippen molar-refractivity contribution in [3.8, 4) is 5.75 Å². The van der Waals surface area contributed by atoms with E-state index in [1.807, 2.05) is 31.2 Å². The number of amides is 1. The van der Waals surface area contributed by atoms with E-state index < -0.39 is 0 Å². The highest BCUT2D eigenvalue weighted by molar-refractivity contribution is 7.16. The third-order valence-corrected chi connectivity index (χ3v) is 4.18. The lowest BCUT2D eigenvalue weighted by Gasteiger charge is -2.20. The summed E-state index contributed by atoms with van der Waals surface area (Å²) in [6, 6.07) is 11.0. The summed E-state index contributed by atoms with van der Waals surface area (Å²) in [7, 11) is 1.59. The number of methoxy groups -OCH3 is 1. The Morgan fingerprint density at radius 2 is 2.15 bits per heavy atom. The van der Waals surface area contributed by atoms with Crippen LogP contribution in [0, 0.1) is 0 Å². The standard InChI is InChI=1S/C15H16ClNO2S/c1-3-17(10-13-7-8-14(16)20-13)15(18)11-5-4-6-12(9-11)19-2/h4-9H,3,10H2,1-2H3. The predicted molar refractivity (Wildman–Crippen MR) is 82.7 cm³/mol. The van der Waals surface area contributed by atoms with Gasteiger partial charge in [-0.15, -0.1) is 11.3 Å². The fourth-order valence-electron chi connectivity index (χ4n) is 1.89. The molecule has 0 aliphatic heterocycles. The van der Waals surface area contributed by atoms with Gasteiger partial charge in [0, 0.05) is 17.0 Å². The third kappa shape index (κ3) is 3.52. The number of rotatable bonds is 5. The Morgan fingerprint density at radius 3 is 2.75 bits per heavy atom. The molecule has 1 aromatic heterocycles. The van der Waals surface area contributed by atoms with Crippen molar-refractivity contribution in [2.24, 2.45) is 0 Å². The van der Waals surface area contributed by atoms with E-state index >= 15 is 0 Å². The van der Waals surface area contributed by atoms with E-state index in [2.05, 4.69) is 0 Å². The molecule has 0 unspecified atom stereocenters. The fourth-order valence-corrected chi connectivity index (χ4v) is 2.99. The molecule has 2 rings (SSSR count). The maximum atomic E-state index is 12.5. The summed E-state index contributed by atoms with van der Waals surface area (Å²) in [6.45, 7) is 3.18. The van der Waals surface area contributed by atoms with Gasteiger partial charge >= 0.3 is 0 Å². The van der Waals surface area contributed by atoms with Crippen molar-refractivity contribution >= 4 is 28.8 Å². The Kier molecular flexibility index (Phi) is 5.04. The van der Waals surface area contributed by atoms with Crippen LogP contribution in [0.3, 0.4) is 0 Å². The van der Waals surface area contributed by atoms with E-state index in [4.69, 9.17) is 16.3 Å². The van der Waals surface area contributed by atoms with Gasteiger partial charge in [0.25, 0.3) is 5.91 Å². The Labute approximate surface area is 127 Å². The minimum absolute atomic E-state index is 0.00378. The normalized spacial score (nSPS) is 10.3. The molecule has 0 saturated heterocycles. The van der Waals surface area contributed by atoms with Crippen LogP contribution in [0.2, 0.25) is 4.34 Å². The maximum absolute atomic E-state index is 12.5. The second-order valence-corrected chi connectivity index (χ2v) is 6.06. The van der Waals surface area contributed by atoms with Crippen LogP contribution in [0.1, 0.15) is 22.2 Å². The second-order valence-electron chi connectivity index (χ2n) is 4.26. The molecule has 20 heavy (non-hydrogen) atoms. The first kappa shape index (κ1) is 14.9. The van der Waals surface area contributed by atoms with Crippen LogP contribution in [-0.2, 0) is 6.54 Å². The Bertz CT molecular complexity index is 597. The first-order chi connectivity index (χ1) is 9.63. The molecule has 0 atom stereocenters. The van der Waals surface area contributed by atoms with Crippen molar-refractivity contribution in [1.82, 2.24) is 4.90 Å². The molecular formula is C15H16ClNO2S. The number of hydrogen-bond acceptors (Lipinski definition) is 3. The zero-order chi connectivity index (χ0) is 14.5. The lowest BCUT2D eigenvalue weighted by molar-refractivity contribution is 0.0754. The SMILES string of the molecule is CCN(Cc1ccc(Cl)s1)C(=O)c1cccc(OC)c1. The van der Waals surface area contributed by atoms with Crippen molar-refractivity contribution in [2.75, 3.05) is 13.7 Å². The largest absolute Gasteiger partial charge is 0.497 e. The van der Waals surface area contributed by atoms with Gasteiger partial charge in [-0.3, -0.25) is 4.79 Å². The van der Waals surface area contributed by atoms with Crippen LogP contribution in [0.25, 0.3) is 0 Å². The molecule has 1 amide bonds. The van der Waals surface area contributed by atoms with Crippen molar-refractivity contribution in [2.45, 2.75) is 13.5 Å². The molecule has 0 saturated carbocycles. The first-order valence-corrected chi connectivity index (χ1v) is 7.51. The maximum Gasteiger partial charge on any atom is 0.254 e. The summed E-state index contributed by atoms with van der Waals surface area (Å²) >= 11 is 7.42. The van der Waals surface area contributed by atoms with Gasteiger partial charge in [-0.2, -0.15) is 0 Å². The van der Waals surface area contributed by atoms with Gasteiger partial charge in [-0.05, 0) is 37.3 Å². The fraction of sp³-hybridized carbons (Fsp3) is 0.267. The van der Waals surface area contributed by atoms with Crippen LogP contribution in [-0.4, -0.2) is 24.5 Å². The van der Waals surface area contributed by atoms with Crippen LogP contribution in [0.15, 0.2) is 36.4 Å². The molecule has 1 aromatic carbocycles. The highest BCUT2D eigenvalue weighted by Gasteiger charge is 2.15. The van der Waals surface area contributed by atoms with Crippen molar-refractivity contribution in [1.29, 1.82) is 0 Å². The molecule has 0 spiro atoms. The van der Waals surface area contributed by atoms with E-state index in [9.17, 15) is 4.79 Å². The summed E-state index contributed by atoms with van der Waals surface area (Å²) in [4.78, 5) is 15.4. The predicted octanol–water partition coefficient (Wildman–Crippen LogP) is 4.07. The van der Waals surface area contributed by atoms with Crippen molar-refractivity contribution < 1.29 is 9.53 Å². The summed E-state index contributed by atoms with van der Waals surface area (Å²) in [5, 5.41) is 0. The lowest BCUT2D eigenvalue weighted by atomic mass is 10.2. The third-order valence-electron chi connectivity index (χ3n) is 2.96. The van der Waals surface area contributed by atoms with E-state index in [-0.39, 0.29) is 5.91 Å². The first-order valence-electron chi connectivity index (χ1n) is 6.31. The summed E-state index contributed by atoms with van der Waals surface area (Å²) < 4.78 is 5.89. The van der Waals surface area contributed by atoms with Crippen LogP contribution in [0.5, 0.6) is 5.75 Å². The van der Waals surface area contributed by atoms with Crippen LogP contribution in [0.4, 0.5) is 0 Å². The quantitative estimate of drug-likeness (QED) is 0.833. The van der Waals surface area contributed by atoms with E-state index in [1.165, 1.54) is 11.3 Å². The van der Waals surface area contributed by atoms with Gasteiger partial charge in [0.1, 0.15) is 5.75 Å². The van der Waals surface area contributed by atoms with E-state index in [0.717, 1.165) is 9.21 Å². The lowest BCUT2D eigenvalue weighted by Crippen LogP contribution is -2.29. The van der Waals surface area contributed by atoms with Gasteiger partial charge in [-0.1, -0.05) is 17.7 Å². The zero-order valence-electron chi connectivity index (χ0n) is 11.4. The van der Waals surface area contributed by atoms with Crippen molar-refractivity contribution in [3.05, 3.63) is 51.2 Å². The molecule has 2 aromatic rings. The highest BCUT2D eigenvalue weighted by Crippen LogP contribution is 2.23. The molecule has 0 N–H and O–H groups in total. The average Bonchev–Trinajstić information content (AvgIpc) is 2.89. The smallest absolute Gasteiger partial charge is 0.254 e. The minimum Gasteiger partial charge on any atom is -0.497 e. The molecule has 0 bridgehead atoms. The Morgan fingerprint density at radius 1 is 1.35 bits per heavy atom. The zero-order valence-corrected chi connectivity index (χ0v) is 13.0. The summed E-state index contributed by atoms with van der Waals surface area (Å²) in [5.41, 5.74) is 0.633. The number of thiophene rings is 1. The molecule has 0 fully saturated rings. The Hall–Kier alpha value is -1.52. The molecule has 0 aliphatic rings. The molecule has 1 heterocycles. The van der Waals surface area contributed by atoms with E-state index in [1.54, 1.807) is 24.1 Å². The highest BCUT2D eigenvalue weighted by atomic mass is 35.5. The van der Waals surface area contributed by atoms with Gasteiger partial charge < -0.3 is 9.64 Å². The summed E-state index contributed by atoms with van der Waals surface area (Å²) in [5.74, 6) is 0.682. The molecular weight excluding hydrogens is 294 g/mol. The molecule has 0 radical (unpaired) electrons. The number of nitrogens with zero attached hydrogens (tertiary/aromatic N) is 1. The summed E-state index contributed by atoms with van der Waals surface area (Å²) in [6.07, 6.45) is 0.